The number of carbonyl (C=O) groups excluding carboxylic acids is 1. The van der Waals surface area contributed by atoms with Gasteiger partial charge in [-0.2, -0.15) is 0 Å². The third-order valence-corrected chi connectivity index (χ3v) is 6.23. The highest BCUT2D eigenvalue weighted by molar-refractivity contribution is 7.17. The molecule has 1 N–H and O–H groups in total. The Balaban J connectivity index is 1.42. The van der Waals surface area contributed by atoms with Gasteiger partial charge in [0.05, 0.1) is 23.5 Å². The highest BCUT2D eigenvalue weighted by Gasteiger charge is 2.26. The zero-order valence-corrected chi connectivity index (χ0v) is 18.3. The van der Waals surface area contributed by atoms with Crippen LogP contribution in [0, 0.1) is 6.92 Å². The number of halogens is 1. The van der Waals surface area contributed by atoms with Crippen molar-refractivity contribution >= 4 is 45.5 Å². The Kier molecular flexibility index (Phi) is 6.06. The molecule has 1 aliphatic heterocycles. The molecule has 0 unspecified atom stereocenters. The number of piperazine rings is 1. The molecule has 3 aromatic rings. The molecule has 0 bridgehead atoms. The molecule has 1 saturated heterocycles. The average Bonchev–Trinajstić information content (AvgIpc) is 3.14. The van der Waals surface area contributed by atoms with Gasteiger partial charge >= 0.3 is 0 Å². The van der Waals surface area contributed by atoms with Crippen LogP contribution in [0.15, 0.2) is 42.6 Å². The van der Waals surface area contributed by atoms with Gasteiger partial charge < -0.3 is 19.9 Å². The molecule has 156 valence electrons. The zero-order chi connectivity index (χ0) is 21.1. The molecule has 4 rings (SSSR count). The van der Waals surface area contributed by atoms with Gasteiger partial charge in [0.25, 0.3) is 5.91 Å². The number of aromatic nitrogens is 2. The molecule has 0 atom stereocenters. The van der Waals surface area contributed by atoms with E-state index in [1.165, 1.54) is 11.3 Å². The van der Waals surface area contributed by atoms with Crippen LogP contribution in [0.3, 0.4) is 0 Å². The highest BCUT2D eigenvalue weighted by atomic mass is 35.5. The smallest absolute Gasteiger partial charge is 0.266 e. The second-order valence-electron chi connectivity index (χ2n) is 6.87. The van der Waals surface area contributed by atoms with Gasteiger partial charge in [0, 0.05) is 32.4 Å². The summed E-state index contributed by atoms with van der Waals surface area (Å²) < 4.78 is 5.47. The number of amides is 1. The SMILES string of the molecule is COc1ccccc1N1CCN(C(=O)c2sc(Nc3ccc(Cl)cn3)nc2C)CC1. The molecule has 0 saturated carbocycles. The minimum Gasteiger partial charge on any atom is -0.495 e. The molecule has 1 amide bonds. The van der Waals surface area contributed by atoms with Crippen molar-refractivity contribution in [2.45, 2.75) is 6.92 Å². The predicted octanol–water partition coefficient (Wildman–Crippen LogP) is 4.21. The van der Waals surface area contributed by atoms with E-state index in [0.29, 0.717) is 39.6 Å². The fourth-order valence-electron chi connectivity index (χ4n) is 3.39. The molecule has 30 heavy (non-hydrogen) atoms. The van der Waals surface area contributed by atoms with E-state index < -0.39 is 0 Å². The van der Waals surface area contributed by atoms with Crippen molar-refractivity contribution < 1.29 is 9.53 Å². The summed E-state index contributed by atoms with van der Waals surface area (Å²) in [5, 5.41) is 4.34. The number of ether oxygens (including phenoxy) is 1. The molecular formula is C21H22ClN5O2S. The minimum absolute atomic E-state index is 0.0155. The summed E-state index contributed by atoms with van der Waals surface area (Å²) in [5.74, 6) is 1.50. The summed E-state index contributed by atoms with van der Waals surface area (Å²) in [4.78, 5) is 26.6. The lowest BCUT2D eigenvalue weighted by molar-refractivity contribution is 0.0750. The van der Waals surface area contributed by atoms with Crippen molar-refractivity contribution in [3.05, 3.63) is 58.2 Å². The lowest BCUT2D eigenvalue weighted by Crippen LogP contribution is -2.48. The number of rotatable bonds is 5. The van der Waals surface area contributed by atoms with Gasteiger partial charge in [0.15, 0.2) is 5.13 Å². The number of hydrogen-bond donors (Lipinski definition) is 1. The van der Waals surface area contributed by atoms with E-state index >= 15 is 0 Å². The lowest BCUT2D eigenvalue weighted by atomic mass is 10.2. The second-order valence-corrected chi connectivity index (χ2v) is 8.31. The van der Waals surface area contributed by atoms with Crippen LogP contribution in [-0.4, -0.2) is 54.1 Å². The fraction of sp³-hybridized carbons (Fsp3) is 0.286. The molecule has 7 nitrogen and oxygen atoms in total. The van der Waals surface area contributed by atoms with Crippen LogP contribution in [0.1, 0.15) is 15.4 Å². The first-order chi connectivity index (χ1) is 14.5. The molecule has 3 heterocycles. The van der Waals surface area contributed by atoms with Crippen molar-refractivity contribution in [3.8, 4) is 5.75 Å². The van der Waals surface area contributed by atoms with Gasteiger partial charge in [-0.15, -0.1) is 0 Å². The number of benzene rings is 1. The van der Waals surface area contributed by atoms with Crippen LogP contribution in [0.5, 0.6) is 5.75 Å². The maximum Gasteiger partial charge on any atom is 0.266 e. The van der Waals surface area contributed by atoms with Crippen LogP contribution in [0.4, 0.5) is 16.6 Å². The van der Waals surface area contributed by atoms with Gasteiger partial charge in [-0.3, -0.25) is 4.79 Å². The summed E-state index contributed by atoms with van der Waals surface area (Å²) in [5.41, 5.74) is 1.77. The summed E-state index contributed by atoms with van der Waals surface area (Å²) >= 11 is 7.22. The minimum atomic E-state index is 0.0155. The summed E-state index contributed by atoms with van der Waals surface area (Å²) in [6.07, 6.45) is 1.57. The number of para-hydroxylation sites is 2. The standard InChI is InChI=1S/C21H22ClN5O2S/c1-14-19(30-21(24-14)25-18-8-7-15(22)13-23-18)20(28)27-11-9-26(10-12-27)16-5-3-4-6-17(16)29-2/h3-8,13H,9-12H2,1-2H3,(H,23,24,25). The number of hydrogen-bond acceptors (Lipinski definition) is 7. The number of nitrogens with zero attached hydrogens (tertiary/aromatic N) is 4. The topological polar surface area (TPSA) is 70.6 Å². The van der Waals surface area contributed by atoms with E-state index in [9.17, 15) is 4.79 Å². The van der Waals surface area contributed by atoms with E-state index in [0.717, 1.165) is 24.5 Å². The Bertz CT molecular complexity index is 1030. The zero-order valence-electron chi connectivity index (χ0n) is 16.8. The fourth-order valence-corrected chi connectivity index (χ4v) is 4.45. The number of thiazole rings is 1. The van der Waals surface area contributed by atoms with Gasteiger partial charge in [0.2, 0.25) is 0 Å². The molecule has 1 aromatic carbocycles. The average molecular weight is 444 g/mol. The maximum atomic E-state index is 13.1. The normalized spacial score (nSPS) is 14.0. The molecule has 1 fully saturated rings. The number of pyridine rings is 1. The molecule has 0 spiro atoms. The van der Waals surface area contributed by atoms with E-state index in [2.05, 4.69) is 20.2 Å². The Hall–Kier alpha value is -2.84. The van der Waals surface area contributed by atoms with Crippen molar-refractivity contribution in [1.82, 2.24) is 14.9 Å². The monoisotopic (exact) mass is 443 g/mol. The largest absolute Gasteiger partial charge is 0.495 e. The molecule has 1 aliphatic rings. The summed E-state index contributed by atoms with van der Waals surface area (Å²) in [6.45, 7) is 4.66. The first kappa shape index (κ1) is 20.4. The lowest BCUT2D eigenvalue weighted by Gasteiger charge is -2.36. The first-order valence-electron chi connectivity index (χ1n) is 9.58. The number of methoxy groups -OCH3 is 1. The van der Waals surface area contributed by atoms with Crippen molar-refractivity contribution in [1.29, 1.82) is 0 Å². The van der Waals surface area contributed by atoms with E-state index in [-0.39, 0.29) is 5.91 Å². The summed E-state index contributed by atoms with van der Waals surface area (Å²) in [6, 6.07) is 11.5. The maximum absolute atomic E-state index is 13.1. The Labute approximate surface area is 184 Å². The number of nitrogens with one attached hydrogen (secondary N) is 1. The number of anilines is 3. The van der Waals surface area contributed by atoms with Crippen LogP contribution in [0.25, 0.3) is 0 Å². The van der Waals surface area contributed by atoms with E-state index in [1.807, 2.05) is 36.1 Å². The van der Waals surface area contributed by atoms with E-state index in [4.69, 9.17) is 16.3 Å². The Morgan fingerprint density at radius 2 is 1.93 bits per heavy atom. The van der Waals surface area contributed by atoms with Crippen LogP contribution >= 0.6 is 22.9 Å². The predicted molar refractivity (Wildman–Crippen MR) is 120 cm³/mol. The molecular weight excluding hydrogens is 422 g/mol. The Morgan fingerprint density at radius 3 is 2.63 bits per heavy atom. The highest BCUT2D eigenvalue weighted by Crippen LogP contribution is 2.30. The second kappa shape index (κ2) is 8.89. The summed E-state index contributed by atoms with van der Waals surface area (Å²) in [7, 11) is 1.68. The molecule has 0 aliphatic carbocycles. The number of aryl methyl sites for hydroxylation is 1. The van der Waals surface area contributed by atoms with Crippen LogP contribution in [0.2, 0.25) is 5.02 Å². The Morgan fingerprint density at radius 1 is 1.17 bits per heavy atom. The van der Waals surface area contributed by atoms with Gasteiger partial charge in [0.1, 0.15) is 16.4 Å². The third kappa shape index (κ3) is 4.34. The quantitative estimate of drug-likeness (QED) is 0.636. The van der Waals surface area contributed by atoms with E-state index in [1.54, 1.807) is 25.4 Å². The van der Waals surface area contributed by atoms with Gasteiger partial charge in [-0.25, -0.2) is 9.97 Å². The third-order valence-electron chi connectivity index (χ3n) is 4.95. The van der Waals surface area contributed by atoms with Crippen molar-refractivity contribution in [2.24, 2.45) is 0 Å². The van der Waals surface area contributed by atoms with Crippen LogP contribution < -0.4 is 15.0 Å². The van der Waals surface area contributed by atoms with Gasteiger partial charge in [-0.1, -0.05) is 35.1 Å². The van der Waals surface area contributed by atoms with Gasteiger partial charge in [-0.05, 0) is 31.2 Å². The van der Waals surface area contributed by atoms with Crippen molar-refractivity contribution in [3.63, 3.8) is 0 Å². The molecule has 2 aromatic heterocycles. The number of carbonyl (C=O) groups is 1. The van der Waals surface area contributed by atoms with Crippen LogP contribution in [-0.2, 0) is 0 Å². The molecule has 9 heteroatoms. The van der Waals surface area contributed by atoms with Crippen molar-refractivity contribution in [2.75, 3.05) is 43.5 Å². The first-order valence-corrected chi connectivity index (χ1v) is 10.8. The molecule has 0 radical (unpaired) electrons.